The van der Waals surface area contributed by atoms with Crippen LogP contribution in [-0.4, -0.2) is 29.7 Å². The summed E-state index contributed by atoms with van der Waals surface area (Å²) in [4.78, 5) is 26.1. The zero-order chi connectivity index (χ0) is 29.8. The lowest BCUT2D eigenvalue weighted by Gasteiger charge is -2.29. The van der Waals surface area contributed by atoms with E-state index in [4.69, 9.17) is 4.99 Å². The van der Waals surface area contributed by atoms with Gasteiger partial charge in [-0.05, 0) is 91.5 Å². The van der Waals surface area contributed by atoms with Gasteiger partial charge in [-0.2, -0.15) is 0 Å². The fourth-order valence-corrected chi connectivity index (χ4v) is 6.70. The first-order valence-corrected chi connectivity index (χ1v) is 15.9. The Balaban J connectivity index is 1.27. The molecule has 2 unspecified atom stereocenters. The molecule has 3 heterocycles. The highest BCUT2D eigenvalue weighted by molar-refractivity contribution is 6.11. The molecule has 1 aromatic heterocycles. The summed E-state index contributed by atoms with van der Waals surface area (Å²) < 4.78 is 0. The number of nitrogens with one attached hydrogen (secondary N) is 1. The SMILES string of the molecule is CCC1=NC(C)c2ccc(-c3cncc(N4CCCC4)c3)cc2C1C(=O)NC1=CCC(CC)=C(Cc2ccccc2)C=C1. The number of carbonyl (C=O) groups excluding carboxylic acids is 1. The van der Waals surface area contributed by atoms with Crippen molar-refractivity contribution in [1.29, 1.82) is 0 Å². The van der Waals surface area contributed by atoms with Gasteiger partial charge >= 0.3 is 0 Å². The normalized spacial score (nSPS) is 19.9. The van der Waals surface area contributed by atoms with Crippen molar-refractivity contribution in [1.82, 2.24) is 10.3 Å². The van der Waals surface area contributed by atoms with Gasteiger partial charge in [0, 0.05) is 36.3 Å². The lowest BCUT2D eigenvalue weighted by Crippen LogP contribution is -2.35. The molecule has 1 aliphatic carbocycles. The van der Waals surface area contributed by atoms with Crippen LogP contribution in [0.2, 0.25) is 0 Å². The van der Waals surface area contributed by atoms with Crippen molar-refractivity contribution in [2.75, 3.05) is 18.0 Å². The zero-order valence-electron chi connectivity index (χ0n) is 25.6. The minimum absolute atomic E-state index is 0.0182. The van der Waals surface area contributed by atoms with Crippen LogP contribution in [0.4, 0.5) is 5.69 Å². The van der Waals surface area contributed by atoms with Crippen LogP contribution in [-0.2, 0) is 11.2 Å². The molecule has 220 valence electrons. The Morgan fingerprint density at radius 2 is 1.74 bits per heavy atom. The molecular weight excluding hydrogens is 528 g/mol. The van der Waals surface area contributed by atoms with Crippen molar-refractivity contribution in [2.24, 2.45) is 4.99 Å². The Bertz CT molecular complexity index is 1610. The van der Waals surface area contributed by atoms with Gasteiger partial charge in [0.25, 0.3) is 0 Å². The second-order valence-corrected chi connectivity index (χ2v) is 11.9. The molecule has 3 aromatic rings. The Morgan fingerprint density at radius 1 is 0.930 bits per heavy atom. The van der Waals surface area contributed by atoms with Crippen LogP contribution >= 0.6 is 0 Å². The molecule has 1 saturated heterocycles. The summed E-state index contributed by atoms with van der Waals surface area (Å²) in [5.74, 6) is -0.443. The number of amides is 1. The van der Waals surface area contributed by atoms with Crippen LogP contribution in [0.1, 0.15) is 81.5 Å². The summed E-state index contributed by atoms with van der Waals surface area (Å²) in [5, 5.41) is 3.29. The number of allylic oxidation sites excluding steroid dienone is 5. The number of hydrogen-bond acceptors (Lipinski definition) is 4. The molecule has 1 amide bonds. The van der Waals surface area contributed by atoms with E-state index in [-0.39, 0.29) is 11.9 Å². The van der Waals surface area contributed by atoms with Gasteiger partial charge in [-0.25, -0.2) is 0 Å². The second-order valence-electron chi connectivity index (χ2n) is 11.9. The van der Waals surface area contributed by atoms with Crippen LogP contribution in [0.5, 0.6) is 0 Å². The van der Waals surface area contributed by atoms with Crippen LogP contribution in [0.3, 0.4) is 0 Å². The summed E-state index contributed by atoms with van der Waals surface area (Å²) in [7, 11) is 0. The van der Waals surface area contributed by atoms with E-state index in [9.17, 15) is 4.79 Å². The quantitative estimate of drug-likeness (QED) is 0.297. The fraction of sp³-hybridized carbons (Fsp3) is 0.342. The molecule has 0 radical (unpaired) electrons. The molecule has 5 nitrogen and oxygen atoms in total. The molecule has 1 fully saturated rings. The van der Waals surface area contributed by atoms with Gasteiger partial charge in [0.15, 0.2) is 0 Å². The summed E-state index contributed by atoms with van der Waals surface area (Å²) in [6.45, 7) is 8.60. The molecule has 43 heavy (non-hydrogen) atoms. The first kappa shape index (κ1) is 28.9. The first-order chi connectivity index (χ1) is 21.0. The molecule has 1 N–H and O–H groups in total. The highest BCUT2D eigenvalue weighted by Crippen LogP contribution is 2.38. The summed E-state index contributed by atoms with van der Waals surface area (Å²) in [6, 6.07) is 19.4. The molecule has 6 rings (SSSR count). The lowest BCUT2D eigenvalue weighted by molar-refractivity contribution is -0.120. The first-order valence-electron chi connectivity index (χ1n) is 15.9. The number of pyridine rings is 1. The summed E-state index contributed by atoms with van der Waals surface area (Å²) >= 11 is 0. The van der Waals surface area contributed by atoms with E-state index in [1.165, 1.54) is 35.2 Å². The minimum Gasteiger partial charge on any atom is -0.370 e. The third-order valence-corrected chi connectivity index (χ3v) is 9.11. The van der Waals surface area contributed by atoms with Crippen molar-refractivity contribution in [3.8, 4) is 11.1 Å². The predicted molar refractivity (Wildman–Crippen MR) is 177 cm³/mol. The highest BCUT2D eigenvalue weighted by atomic mass is 16.1. The third kappa shape index (κ3) is 6.27. The number of fused-ring (bicyclic) bond motifs is 1. The van der Waals surface area contributed by atoms with Gasteiger partial charge in [-0.3, -0.25) is 14.8 Å². The minimum atomic E-state index is -0.425. The second kappa shape index (κ2) is 12.9. The van der Waals surface area contributed by atoms with Crippen molar-refractivity contribution in [3.05, 3.63) is 119 Å². The topological polar surface area (TPSA) is 57.6 Å². The van der Waals surface area contributed by atoms with Gasteiger partial charge < -0.3 is 10.2 Å². The van der Waals surface area contributed by atoms with Gasteiger partial charge in [0.2, 0.25) is 5.91 Å². The van der Waals surface area contributed by atoms with E-state index in [0.717, 1.165) is 72.4 Å². The van der Waals surface area contributed by atoms with E-state index in [2.05, 4.69) is 109 Å². The van der Waals surface area contributed by atoms with E-state index in [1.54, 1.807) is 0 Å². The third-order valence-electron chi connectivity index (χ3n) is 9.11. The molecule has 5 heteroatoms. The van der Waals surface area contributed by atoms with Crippen molar-refractivity contribution >= 4 is 17.3 Å². The molecule has 2 aliphatic heterocycles. The Labute approximate surface area is 256 Å². The smallest absolute Gasteiger partial charge is 0.237 e. The largest absolute Gasteiger partial charge is 0.370 e. The number of aliphatic imine (C=N–C) groups is 1. The number of aromatic nitrogens is 1. The molecule has 0 bridgehead atoms. The maximum Gasteiger partial charge on any atom is 0.237 e. The van der Waals surface area contributed by atoms with Gasteiger partial charge in [-0.15, -0.1) is 0 Å². The van der Waals surface area contributed by atoms with Gasteiger partial charge in [0.05, 0.1) is 17.9 Å². The lowest BCUT2D eigenvalue weighted by atomic mass is 9.81. The number of hydrogen-bond donors (Lipinski definition) is 1. The van der Waals surface area contributed by atoms with Crippen molar-refractivity contribution < 1.29 is 4.79 Å². The predicted octanol–water partition coefficient (Wildman–Crippen LogP) is 8.27. The standard InChI is InChI=1S/C38H42N4O/c1-4-28-13-16-32(17-14-29(28)21-27-11-7-6-8-12-27)41-38(43)37-35-23-30(15-18-34(35)26(3)40-36(37)5-2)31-22-33(25-39-24-31)42-19-9-10-20-42/h6-8,11-12,14-18,22-26,37H,4-5,9-10,13,19-21H2,1-3H3,(H,41,43). The number of carbonyl (C=O) groups is 1. The Kier molecular flexibility index (Phi) is 8.69. The maximum atomic E-state index is 14.1. The monoisotopic (exact) mass is 570 g/mol. The molecule has 0 saturated carbocycles. The Morgan fingerprint density at radius 3 is 2.51 bits per heavy atom. The van der Waals surface area contributed by atoms with E-state index in [1.807, 2.05) is 12.4 Å². The number of anilines is 1. The number of nitrogens with zero attached hydrogens (tertiary/aromatic N) is 3. The van der Waals surface area contributed by atoms with Crippen LogP contribution in [0.15, 0.2) is 107 Å². The Hall–Kier alpha value is -4.25. The number of rotatable bonds is 8. The van der Waals surface area contributed by atoms with Crippen LogP contribution < -0.4 is 10.2 Å². The molecular formula is C38H42N4O. The van der Waals surface area contributed by atoms with Crippen molar-refractivity contribution in [3.63, 3.8) is 0 Å². The van der Waals surface area contributed by atoms with Gasteiger partial charge in [-0.1, -0.05) is 74.0 Å². The number of benzene rings is 2. The van der Waals surface area contributed by atoms with Crippen LogP contribution in [0, 0.1) is 0 Å². The van der Waals surface area contributed by atoms with E-state index in [0.29, 0.717) is 0 Å². The van der Waals surface area contributed by atoms with Crippen LogP contribution in [0.25, 0.3) is 11.1 Å². The average Bonchev–Trinajstić information content (AvgIpc) is 3.52. The van der Waals surface area contributed by atoms with E-state index < -0.39 is 5.92 Å². The summed E-state index contributed by atoms with van der Waals surface area (Å²) in [5.41, 5.74) is 11.3. The van der Waals surface area contributed by atoms with Crippen molar-refractivity contribution in [2.45, 2.75) is 71.3 Å². The van der Waals surface area contributed by atoms with Gasteiger partial charge in [0.1, 0.15) is 5.92 Å². The molecule has 0 spiro atoms. The molecule has 3 aliphatic rings. The maximum absolute atomic E-state index is 14.1. The van der Waals surface area contributed by atoms with E-state index >= 15 is 0 Å². The fourth-order valence-electron chi connectivity index (χ4n) is 6.70. The molecule has 2 aromatic carbocycles. The summed E-state index contributed by atoms with van der Waals surface area (Å²) in [6.07, 6.45) is 16.2. The zero-order valence-corrected chi connectivity index (χ0v) is 25.6. The average molecular weight is 571 g/mol. The molecule has 2 atom stereocenters. The highest BCUT2D eigenvalue weighted by Gasteiger charge is 2.33.